The highest BCUT2D eigenvalue weighted by atomic mass is 35.6. The average molecular weight is 499 g/mol. The second-order valence-electron chi connectivity index (χ2n) is 7.40. The maximum Gasteiger partial charge on any atom is 0.311 e. The standard InChI is InChI=1S/C12H26Cl6O2Si3/c1-21(2,3)19-22(4,5)20-23(6,9-7-11(13,14)15)10-8-12(16,17)18/h7-10H2,1-6H3. The highest BCUT2D eigenvalue weighted by Gasteiger charge is 2.42. The summed E-state index contributed by atoms with van der Waals surface area (Å²) in [4.78, 5) is 0. The highest BCUT2D eigenvalue weighted by molar-refractivity contribution is 6.88. The van der Waals surface area contributed by atoms with Gasteiger partial charge in [-0.15, -0.1) is 0 Å². The molecule has 0 saturated carbocycles. The van der Waals surface area contributed by atoms with Crippen LogP contribution in [-0.2, 0) is 8.23 Å². The van der Waals surface area contributed by atoms with Crippen LogP contribution in [0.15, 0.2) is 0 Å². The van der Waals surface area contributed by atoms with E-state index in [2.05, 4.69) is 39.3 Å². The van der Waals surface area contributed by atoms with Crippen molar-refractivity contribution in [3.05, 3.63) is 0 Å². The van der Waals surface area contributed by atoms with Crippen LogP contribution in [0.4, 0.5) is 0 Å². The minimum Gasteiger partial charge on any atom is -0.437 e. The van der Waals surface area contributed by atoms with E-state index in [1.54, 1.807) is 0 Å². The summed E-state index contributed by atoms with van der Waals surface area (Å²) in [6.45, 7) is 12.6. The Balaban J connectivity index is 5.09. The van der Waals surface area contributed by atoms with E-state index in [0.717, 1.165) is 0 Å². The molecule has 0 aliphatic carbocycles. The second-order valence-corrected chi connectivity index (χ2v) is 25.0. The fraction of sp³-hybridized carbons (Fsp3) is 1.00. The Labute approximate surface area is 173 Å². The van der Waals surface area contributed by atoms with Gasteiger partial charge in [0, 0.05) is 0 Å². The monoisotopic (exact) mass is 496 g/mol. The summed E-state index contributed by atoms with van der Waals surface area (Å²) < 4.78 is 10.2. The smallest absolute Gasteiger partial charge is 0.311 e. The van der Waals surface area contributed by atoms with Crippen LogP contribution in [0.2, 0.25) is 51.4 Å². The van der Waals surface area contributed by atoms with E-state index >= 15 is 0 Å². The Morgan fingerprint density at radius 2 is 1.00 bits per heavy atom. The van der Waals surface area contributed by atoms with Crippen LogP contribution in [0.3, 0.4) is 0 Å². The third-order valence-electron chi connectivity index (χ3n) is 2.92. The van der Waals surface area contributed by atoms with Gasteiger partial charge in [0.05, 0.1) is 0 Å². The number of hydrogen-bond donors (Lipinski definition) is 0. The van der Waals surface area contributed by atoms with Crippen LogP contribution in [0.25, 0.3) is 0 Å². The zero-order valence-corrected chi connectivity index (χ0v) is 21.9. The molecule has 2 nitrogen and oxygen atoms in total. The molecule has 0 aromatic rings. The molecule has 0 radical (unpaired) electrons. The van der Waals surface area contributed by atoms with Crippen molar-refractivity contribution in [3.63, 3.8) is 0 Å². The van der Waals surface area contributed by atoms with Gasteiger partial charge in [-0.25, -0.2) is 0 Å². The van der Waals surface area contributed by atoms with E-state index in [9.17, 15) is 0 Å². The molecule has 0 N–H and O–H groups in total. The molecule has 140 valence electrons. The molecule has 0 atom stereocenters. The molecule has 0 rings (SSSR count). The summed E-state index contributed by atoms with van der Waals surface area (Å²) in [5, 5.41) is 0. The van der Waals surface area contributed by atoms with Crippen LogP contribution in [-0.4, -0.2) is 32.8 Å². The zero-order valence-electron chi connectivity index (χ0n) is 14.4. The molecular formula is C12H26Cl6O2Si3. The maximum absolute atomic E-state index is 6.53. The lowest BCUT2D eigenvalue weighted by atomic mass is 10.5. The van der Waals surface area contributed by atoms with Crippen LogP contribution >= 0.6 is 69.6 Å². The topological polar surface area (TPSA) is 18.5 Å². The van der Waals surface area contributed by atoms with E-state index in [1.807, 2.05) is 0 Å². The maximum atomic E-state index is 6.53. The first kappa shape index (κ1) is 25.3. The molecule has 0 fully saturated rings. The third kappa shape index (κ3) is 15.1. The molecule has 0 amide bonds. The Kier molecular flexibility index (Phi) is 9.90. The van der Waals surface area contributed by atoms with Gasteiger partial charge in [0.15, 0.2) is 24.2 Å². The molecule has 0 saturated heterocycles. The highest BCUT2D eigenvalue weighted by Crippen LogP contribution is 2.40. The van der Waals surface area contributed by atoms with Crippen molar-refractivity contribution < 1.29 is 8.23 Å². The van der Waals surface area contributed by atoms with Crippen molar-refractivity contribution in [2.75, 3.05) is 0 Å². The SMILES string of the molecule is C[Si](C)(C)O[Si](C)(C)O[Si](C)(CCC(Cl)(Cl)Cl)CCC(Cl)(Cl)Cl. The first-order chi connectivity index (χ1) is 9.83. The fourth-order valence-corrected chi connectivity index (χ4v) is 18.0. The second kappa shape index (κ2) is 9.00. The predicted molar refractivity (Wildman–Crippen MR) is 114 cm³/mol. The molecule has 0 bridgehead atoms. The van der Waals surface area contributed by atoms with Crippen LogP contribution in [0.5, 0.6) is 0 Å². The minimum atomic E-state index is -2.30. The van der Waals surface area contributed by atoms with Gasteiger partial charge in [0.1, 0.15) is 0 Å². The predicted octanol–water partition coefficient (Wildman–Crippen LogP) is 7.65. The van der Waals surface area contributed by atoms with Crippen LogP contribution in [0.1, 0.15) is 12.8 Å². The molecule has 0 heterocycles. The molecule has 23 heavy (non-hydrogen) atoms. The van der Waals surface area contributed by atoms with E-state index in [1.165, 1.54) is 0 Å². The average Bonchev–Trinajstić information content (AvgIpc) is 2.18. The van der Waals surface area contributed by atoms with Crippen LogP contribution < -0.4 is 0 Å². The lowest BCUT2D eigenvalue weighted by Crippen LogP contribution is -2.53. The number of alkyl halides is 6. The van der Waals surface area contributed by atoms with Gasteiger partial charge >= 0.3 is 8.56 Å². The van der Waals surface area contributed by atoms with E-state index in [-0.39, 0.29) is 0 Å². The Bertz CT molecular complexity index is 358. The summed E-state index contributed by atoms with van der Waals surface area (Å²) in [7, 11) is -6.26. The molecule has 0 aliphatic heterocycles. The summed E-state index contributed by atoms with van der Waals surface area (Å²) in [5.41, 5.74) is 0. The van der Waals surface area contributed by atoms with Crippen molar-refractivity contribution in [2.45, 2.75) is 71.8 Å². The van der Waals surface area contributed by atoms with Crippen molar-refractivity contribution in [3.8, 4) is 0 Å². The Morgan fingerprint density at radius 3 is 1.26 bits per heavy atom. The van der Waals surface area contributed by atoms with E-state index in [0.29, 0.717) is 24.9 Å². The van der Waals surface area contributed by atoms with Gasteiger partial charge < -0.3 is 8.23 Å². The van der Waals surface area contributed by atoms with Crippen molar-refractivity contribution in [2.24, 2.45) is 0 Å². The van der Waals surface area contributed by atoms with Crippen molar-refractivity contribution in [1.29, 1.82) is 0 Å². The summed E-state index contributed by atoms with van der Waals surface area (Å²) in [6, 6.07) is 1.35. The molecule has 0 unspecified atom stereocenters. The molecule has 0 spiro atoms. The van der Waals surface area contributed by atoms with Gasteiger partial charge in [-0.3, -0.25) is 0 Å². The Morgan fingerprint density at radius 1 is 0.652 bits per heavy atom. The first-order valence-electron chi connectivity index (χ1n) is 7.36. The summed E-state index contributed by atoms with van der Waals surface area (Å²) in [5.74, 6) is 0. The van der Waals surface area contributed by atoms with Gasteiger partial charge in [0.25, 0.3) is 0 Å². The Hall–Kier alpha value is 2.31. The van der Waals surface area contributed by atoms with Gasteiger partial charge in [-0.1, -0.05) is 69.6 Å². The van der Waals surface area contributed by atoms with E-state index in [4.69, 9.17) is 77.8 Å². The normalized spacial score (nSPS) is 15.1. The van der Waals surface area contributed by atoms with Crippen molar-refractivity contribution >= 4 is 94.8 Å². The fourth-order valence-electron chi connectivity index (χ4n) is 2.39. The lowest BCUT2D eigenvalue weighted by molar-refractivity contribution is 0.386. The molecule has 0 aliphatic rings. The molecular weight excluding hydrogens is 473 g/mol. The summed E-state index contributed by atoms with van der Waals surface area (Å²) >= 11 is 35.5. The van der Waals surface area contributed by atoms with Crippen LogP contribution in [0, 0.1) is 0 Å². The summed E-state index contributed by atoms with van der Waals surface area (Å²) in [6.07, 6.45) is 0.829. The zero-order chi connectivity index (χ0) is 18.7. The van der Waals surface area contributed by atoms with Gasteiger partial charge in [0.2, 0.25) is 0 Å². The lowest BCUT2D eigenvalue weighted by Gasteiger charge is -2.40. The largest absolute Gasteiger partial charge is 0.437 e. The molecule has 11 heteroatoms. The quantitative estimate of drug-likeness (QED) is 0.252. The van der Waals surface area contributed by atoms with Crippen molar-refractivity contribution in [1.82, 2.24) is 0 Å². The number of rotatable bonds is 8. The van der Waals surface area contributed by atoms with Gasteiger partial charge in [-0.05, 0) is 64.2 Å². The number of halogens is 6. The molecule has 0 aromatic carbocycles. The first-order valence-corrected chi connectivity index (χ1v) is 18.7. The van der Waals surface area contributed by atoms with E-state index < -0.39 is 32.8 Å². The number of hydrogen-bond acceptors (Lipinski definition) is 2. The minimum absolute atomic E-state index is 0.414. The van der Waals surface area contributed by atoms with Gasteiger partial charge in [-0.2, -0.15) is 0 Å². The third-order valence-corrected chi connectivity index (χ3v) is 15.0. The molecule has 0 aromatic heterocycles.